The van der Waals surface area contributed by atoms with Crippen LogP contribution in [0.25, 0.3) is 10.9 Å². The Balaban J connectivity index is 1.73. The van der Waals surface area contributed by atoms with Crippen molar-refractivity contribution in [3.8, 4) is 23.3 Å². The van der Waals surface area contributed by atoms with E-state index in [4.69, 9.17) is 9.47 Å². The number of nitrogens with one attached hydrogen (secondary N) is 2. The van der Waals surface area contributed by atoms with E-state index in [1.54, 1.807) is 55.5 Å². The van der Waals surface area contributed by atoms with Crippen LogP contribution in [-0.4, -0.2) is 43.0 Å². The number of anilines is 3. The minimum Gasteiger partial charge on any atom is -0.492 e. The predicted molar refractivity (Wildman–Crippen MR) is 150 cm³/mol. The Morgan fingerprint density at radius 3 is 2.55 bits per heavy atom. The number of para-hydroxylation sites is 1. The second-order valence-electron chi connectivity index (χ2n) is 8.91. The van der Waals surface area contributed by atoms with Gasteiger partial charge in [-0.2, -0.15) is 5.26 Å². The molecule has 0 saturated carbocycles. The molecule has 0 fully saturated rings. The van der Waals surface area contributed by atoms with E-state index in [0.29, 0.717) is 41.2 Å². The third-order valence-electron chi connectivity index (χ3n) is 5.64. The normalized spacial score (nSPS) is 11.0. The lowest BCUT2D eigenvalue weighted by molar-refractivity contribution is -0.111. The van der Waals surface area contributed by atoms with Crippen LogP contribution in [0, 0.1) is 23.0 Å². The van der Waals surface area contributed by atoms with Gasteiger partial charge < -0.3 is 25.0 Å². The number of ether oxygens (including phenoxy) is 2. The Morgan fingerprint density at radius 1 is 1.07 bits per heavy atom. The van der Waals surface area contributed by atoms with Crippen molar-refractivity contribution in [2.45, 2.75) is 6.92 Å². The van der Waals surface area contributed by atoms with Crippen molar-refractivity contribution in [3.05, 3.63) is 90.1 Å². The number of nitriles is 1. The van der Waals surface area contributed by atoms with Crippen molar-refractivity contribution < 1.29 is 23.0 Å². The Labute approximate surface area is 230 Å². The molecule has 8 nitrogen and oxygen atoms in total. The average Bonchev–Trinajstić information content (AvgIpc) is 2.92. The molecule has 10 heteroatoms. The monoisotopic (exact) mass is 543 g/mol. The second-order valence-corrected chi connectivity index (χ2v) is 8.91. The molecule has 0 spiro atoms. The number of carbonyl (C=O) groups is 1. The number of rotatable bonds is 10. The Bertz CT molecular complexity index is 1600. The van der Waals surface area contributed by atoms with Gasteiger partial charge in [0.05, 0.1) is 34.7 Å². The molecule has 0 aliphatic rings. The number of aromatic nitrogens is 1. The SMILES string of the molecule is CCOc1cc2ncc(C#N)c(Nc3cc(F)c(Oc4ccccc4)cc3F)c2cc1NC(=O)/C=C/CN(C)C. The molecule has 0 radical (unpaired) electrons. The highest BCUT2D eigenvalue weighted by Gasteiger charge is 2.18. The van der Waals surface area contributed by atoms with Gasteiger partial charge in [-0.25, -0.2) is 8.78 Å². The summed E-state index contributed by atoms with van der Waals surface area (Å²) in [5.74, 6) is -1.56. The molecule has 1 heterocycles. The zero-order chi connectivity index (χ0) is 28.6. The molecule has 1 amide bonds. The zero-order valence-corrected chi connectivity index (χ0v) is 22.2. The van der Waals surface area contributed by atoms with E-state index >= 15 is 4.39 Å². The van der Waals surface area contributed by atoms with Crippen molar-refractivity contribution in [2.24, 2.45) is 0 Å². The van der Waals surface area contributed by atoms with Gasteiger partial charge in [0.2, 0.25) is 5.91 Å². The number of halogens is 2. The van der Waals surface area contributed by atoms with E-state index in [2.05, 4.69) is 15.6 Å². The number of hydrogen-bond donors (Lipinski definition) is 2. The van der Waals surface area contributed by atoms with Crippen LogP contribution in [0.4, 0.5) is 25.8 Å². The van der Waals surface area contributed by atoms with E-state index in [0.717, 1.165) is 12.1 Å². The van der Waals surface area contributed by atoms with Gasteiger partial charge in [-0.1, -0.05) is 24.3 Å². The minimum absolute atomic E-state index is 0.0873. The lowest BCUT2D eigenvalue weighted by Crippen LogP contribution is -2.13. The van der Waals surface area contributed by atoms with Crippen molar-refractivity contribution in [2.75, 3.05) is 37.9 Å². The minimum atomic E-state index is -0.805. The van der Waals surface area contributed by atoms with Crippen molar-refractivity contribution in [1.29, 1.82) is 5.26 Å². The zero-order valence-electron chi connectivity index (χ0n) is 22.2. The van der Waals surface area contributed by atoms with Gasteiger partial charge in [0, 0.05) is 42.4 Å². The summed E-state index contributed by atoms with van der Waals surface area (Å²) >= 11 is 0. The van der Waals surface area contributed by atoms with E-state index < -0.39 is 11.6 Å². The van der Waals surface area contributed by atoms with Crippen LogP contribution in [0.3, 0.4) is 0 Å². The van der Waals surface area contributed by atoms with Gasteiger partial charge in [-0.3, -0.25) is 9.78 Å². The summed E-state index contributed by atoms with van der Waals surface area (Å²) in [5.41, 5.74) is 0.796. The number of hydrogen-bond acceptors (Lipinski definition) is 7. The third-order valence-corrected chi connectivity index (χ3v) is 5.64. The van der Waals surface area contributed by atoms with Crippen LogP contribution in [-0.2, 0) is 4.79 Å². The van der Waals surface area contributed by atoms with Gasteiger partial charge in [0.15, 0.2) is 17.4 Å². The van der Waals surface area contributed by atoms with Gasteiger partial charge >= 0.3 is 0 Å². The molecule has 1 aromatic heterocycles. The topological polar surface area (TPSA) is 99.5 Å². The van der Waals surface area contributed by atoms with Gasteiger partial charge in [-0.05, 0) is 39.2 Å². The molecule has 3 aromatic carbocycles. The lowest BCUT2D eigenvalue weighted by Gasteiger charge is -2.16. The fourth-order valence-corrected chi connectivity index (χ4v) is 3.81. The van der Waals surface area contributed by atoms with Crippen molar-refractivity contribution >= 4 is 33.9 Å². The maximum atomic E-state index is 15.1. The van der Waals surface area contributed by atoms with E-state index in [9.17, 15) is 14.4 Å². The molecule has 0 atom stereocenters. The van der Waals surface area contributed by atoms with Crippen LogP contribution < -0.4 is 20.1 Å². The van der Waals surface area contributed by atoms with Crippen molar-refractivity contribution in [1.82, 2.24) is 9.88 Å². The highest BCUT2D eigenvalue weighted by Crippen LogP contribution is 2.37. The summed E-state index contributed by atoms with van der Waals surface area (Å²) in [6.45, 7) is 2.70. The van der Waals surface area contributed by atoms with Crippen LogP contribution in [0.15, 0.2) is 72.9 Å². The second kappa shape index (κ2) is 12.7. The number of amides is 1. The summed E-state index contributed by atoms with van der Waals surface area (Å²) in [6.07, 6.45) is 4.44. The highest BCUT2D eigenvalue weighted by atomic mass is 19.1. The fraction of sp³-hybridized carbons (Fsp3) is 0.167. The molecule has 2 N–H and O–H groups in total. The third kappa shape index (κ3) is 6.70. The van der Waals surface area contributed by atoms with Crippen LogP contribution in [0.2, 0.25) is 0 Å². The Hall–Kier alpha value is -5.01. The largest absolute Gasteiger partial charge is 0.492 e. The van der Waals surface area contributed by atoms with Crippen molar-refractivity contribution in [3.63, 3.8) is 0 Å². The predicted octanol–water partition coefficient (Wildman–Crippen LogP) is 6.38. The molecule has 4 aromatic rings. The average molecular weight is 544 g/mol. The molecule has 0 unspecified atom stereocenters. The summed E-state index contributed by atoms with van der Waals surface area (Å²) in [5, 5.41) is 15.8. The molecule has 40 heavy (non-hydrogen) atoms. The first kappa shape index (κ1) is 28.0. The quantitative estimate of drug-likeness (QED) is 0.224. The van der Waals surface area contributed by atoms with E-state index in [-0.39, 0.29) is 28.6 Å². The molecular weight excluding hydrogens is 516 g/mol. The summed E-state index contributed by atoms with van der Waals surface area (Å²) in [4.78, 5) is 18.8. The van der Waals surface area contributed by atoms with Crippen LogP contribution in [0.1, 0.15) is 12.5 Å². The van der Waals surface area contributed by atoms with Gasteiger partial charge in [0.25, 0.3) is 0 Å². The van der Waals surface area contributed by atoms with Gasteiger partial charge in [0.1, 0.15) is 17.6 Å². The Kier molecular flexibility index (Phi) is 8.89. The Morgan fingerprint density at radius 2 is 1.85 bits per heavy atom. The molecule has 0 aliphatic carbocycles. The summed E-state index contributed by atoms with van der Waals surface area (Å²) in [7, 11) is 3.76. The molecule has 0 aliphatic heterocycles. The number of nitrogens with zero attached hydrogens (tertiary/aromatic N) is 3. The van der Waals surface area contributed by atoms with Gasteiger partial charge in [-0.15, -0.1) is 0 Å². The van der Waals surface area contributed by atoms with E-state index in [1.807, 2.05) is 25.1 Å². The van der Waals surface area contributed by atoms with Crippen LogP contribution >= 0.6 is 0 Å². The van der Waals surface area contributed by atoms with Crippen LogP contribution in [0.5, 0.6) is 17.2 Å². The molecular formula is C30H27F2N5O3. The number of pyridine rings is 1. The maximum Gasteiger partial charge on any atom is 0.248 e. The summed E-state index contributed by atoms with van der Waals surface area (Å²) < 4.78 is 41.3. The van der Waals surface area contributed by atoms with E-state index in [1.165, 1.54) is 12.3 Å². The number of fused-ring (bicyclic) bond motifs is 1. The maximum absolute atomic E-state index is 15.1. The fourth-order valence-electron chi connectivity index (χ4n) is 3.81. The molecule has 204 valence electrons. The summed E-state index contributed by atoms with van der Waals surface area (Å²) in [6, 6.07) is 15.5. The first-order valence-electron chi connectivity index (χ1n) is 12.4. The number of carbonyl (C=O) groups excluding carboxylic acids is 1. The molecule has 0 saturated heterocycles. The molecule has 0 bridgehead atoms. The molecule has 4 rings (SSSR count). The number of likely N-dealkylation sites (N-methyl/N-ethyl adjacent to an activating group) is 1. The standard InChI is InChI=1S/C30H27F2N5O3/c1-4-39-28-16-24-21(13-26(28)35-29(38)11-8-12-37(2)3)30(19(17-33)18-34-24)36-25-14-23(32)27(15-22(25)31)40-20-9-6-5-7-10-20/h5-11,13-16,18H,4,12H2,1-3H3,(H,34,36)(H,35,38)/b11-8+. The number of benzene rings is 3. The highest BCUT2D eigenvalue weighted by molar-refractivity contribution is 6.04. The first-order chi connectivity index (χ1) is 19.3. The first-order valence-corrected chi connectivity index (χ1v) is 12.4. The lowest BCUT2D eigenvalue weighted by atomic mass is 10.1. The smallest absolute Gasteiger partial charge is 0.248 e.